The first kappa shape index (κ1) is 11.0. The first-order valence-corrected chi connectivity index (χ1v) is 5.54. The van der Waals surface area contributed by atoms with Crippen molar-refractivity contribution in [2.45, 2.75) is 25.0 Å². The molecule has 2 rings (SSSR count). The molecule has 1 heterocycles. The Morgan fingerprint density at radius 1 is 1.13 bits per heavy atom. The molecule has 0 saturated carbocycles. The van der Waals surface area contributed by atoms with Gasteiger partial charge in [-0.2, -0.15) is 0 Å². The molecule has 1 aliphatic heterocycles. The first-order chi connectivity index (χ1) is 7.07. The minimum absolute atomic E-state index is 0.125. The van der Waals surface area contributed by atoms with E-state index in [4.69, 9.17) is 9.47 Å². The molecule has 15 heavy (non-hydrogen) atoms. The van der Waals surface area contributed by atoms with Gasteiger partial charge in [0.15, 0.2) is 6.29 Å². The van der Waals surface area contributed by atoms with Crippen LogP contribution in [0.3, 0.4) is 0 Å². The van der Waals surface area contributed by atoms with Crippen molar-refractivity contribution in [3.8, 4) is 0 Å². The average Bonchev–Trinajstić information content (AvgIpc) is 2.20. The lowest BCUT2D eigenvalue weighted by Crippen LogP contribution is -2.33. The predicted molar refractivity (Wildman–Crippen MR) is 62.1 cm³/mol. The Hall–Kier alpha value is -0.510. The third kappa shape index (κ3) is 2.74. The fraction of sp³-hybridized carbons (Fsp3) is 0.500. The van der Waals surface area contributed by atoms with E-state index in [0.717, 1.165) is 23.7 Å². The molecule has 1 saturated heterocycles. The zero-order valence-corrected chi connectivity index (χ0v) is 9.96. The monoisotopic (exact) mass is 224 g/mol. The van der Waals surface area contributed by atoms with Gasteiger partial charge in [0.25, 0.3) is 0 Å². The standard InChI is InChI=1S/C12H16O2S/c1-12(2)7-13-11(14-8-12)9-3-5-10(15)6-4-9/h3-6,11,15H,7-8H2,1-2H3. The molecule has 1 aliphatic rings. The zero-order chi connectivity index (χ0) is 10.9. The highest BCUT2D eigenvalue weighted by Gasteiger charge is 2.28. The van der Waals surface area contributed by atoms with Gasteiger partial charge in [0, 0.05) is 15.9 Å². The average molecular weight is 224 g/mol. The lowest BCUT2D eigenvalue weighted by molar-refractivity contribution is -0.226. The molecule has 0 aromatic heterocycles. The van der Waals surface area contributed by atoms with Gasteiger partial charge in [0.1, 0.15) is 0 Å². The van der Waals surface area contributed by atoms with Crippen molar-refractivity contribution in [1.82, 2.24) is 0 Å². The lowest BCUT2D eigenvalue weighted by atomic mass is 9.95. The summed E-state index contributed by atoms with van der Waals surface area (Å²) >= 11 is 4.24. The zero-order valence-electron chi connectivity index (χ0n) is 9.06. The van der Waals surface area contributed by atoms with Crippen molar-refractivity contribution < 1.29 is 9.47 Å². The van der Waals surface area contributed by atoms with Crippen LogP contribution in [0.5, 0.6) is 0 Å². The van der Waals surface area contributed by atoms with Gasteiger partial charge in [-0.05, 0) is 12.1 Å². The van der Waals surface area contributed by atoms with Gasteiger partial charge in [0.05, 0.1) is 13.2 Å². The molecule has 2 nitrogen and oxygen atoms in total. The Kier molecular flexibility index (Phi) is 3.05. The van der Waals surface area contributed by atoms with Crippen molar-refractivity contribution in [3.05, 3.63) is 29.8 Å². The van der Waals surface area contributed by atoms with Crippen LogP contribution in [0.4, 0.5) is 0 Å². The molecule has 0 unspecified atom stereocenters. The maximum Gasteiger partial charge on any atom is 0.183 e. The van der Waals surface area contributed by atoms with E-state index in [-0.39, 0.29) is 11.7 Å². The van der Waals surface area contributed by atoms with Crippen LogP contribution in [0, 0.1) is 5.41 Å². The van der Waals surface area contributed by atoms with E-state index in [9.17, 15) is 0 Å². The topological polar surface area (TPSA) is 18.5 Å². The highest BCUT2D eigenvalue weighted by molar-refractivity contribution is 7.80. The van der Waals surface area contributed by atoms with Crippen molar-refractivity contribution in [2.75, 3.05) is 13.2 Å². The molecule has 0 atom stereocenters. The van der Waals surface area contributed by atoms with E-state index in [1.807, 2.05) is 24.3 Å². The molecule has 0 amide bonds. The molecule has 1 fully saturated rings. The van der Waals surface area contributed by atoms with E-state index < -0.39 is 0 Å². The van der Waals surface area contributed by atoms with Crippen LogP contribution in [-0.2, 0) is 9.47 Å². The van der Waals surface area contributed by atoms with Gasteiger partial charge in [-0.25, -0.2) is 0 Å². The van der Waals surface area contributed by atoms with Crippen LogP contribution < -0.4 is 0 Å². The lowest BCUT2D eigenvalue weighted by Gasteiger charge is -2.34. The minimum atomic E-state index is -0.216. The van der Waals surface area contributed by atoms with E-state index in [1.54, 1.807) is 0 Å². The Morgan fingerprint density at radius 3 is 2.20 bits per heavy atom. The second-order valence-electron chi connectivity index (χ2n) is 4.71. The molecular weight excluding hydrogens is 208 g/mol. The Morgan fingerprint density at radius 2 is 1.67 bits per heavy atom. The van der Waals surface area contributed by atoms with Crippen molar-refractivity contribution >= 4 is 12.6 Å². The van der Waals surface area contributed by atoms with Crippen LogP contribution in [0.1, 0.15) is 25.7 Å². The summed E-state index contributed by atoms with van der Waals surface area (Å²) in [4.78, 5) is 0.954. The summed E-state index contributed by atoms with van der Waals surface area (Å²) in [6.45, 7) is 5.75. The summed E-state index contributed by atoms with van der Waals surface area (Å²) in [5.41, 5.74) is 1.18. The number of rotatable bonds is 1. The third-order valence-corrected chi connectivity index (χ3v) is 2.71. The van der Waals surface area contributed by atoms with Gasteiger partial charge >= 0.3 is 0 Å². The molecular formula is C12H16O2S. The summed E-state index contributed by atoms with van der Waals surface area (Å²) in [6.07, 6.45) is -0.216. The quantitative estimate of drug-likeness (QED) is 0.739. The van der Waals surface area contributed by atoms with Gasteiger partial charge in [-0.3, -0.25) is 0 Å². The molecule has 0 radical (unpaired) electrons. The largest absolute Gasteiger partial charge is 0.348 e. The number of hydrogen-bond donors (Lipinski definition) is 1. The molecule has 0 aliphatic carbocycles. The molecule has 0 spiro atoms. The minimum Gasteiger partial charge on any atom is -0.348 e. The van der Waals surface area contributed by atoms with E-state index >= 15 is 0 Å². The number of ether oxygens (including phenoxy) is 2. The van der Waals surface area contributed by atoms with Crippen LogP contribution >= 0.6 is 12.6 Å². The predicted octanol–water partition coefficient (Wildman–Crippen LogP) is 3.05. The normalized spacial score (nSPS) is 21.5. The molecule has 0 N–H and O–H groups in total. The maximum absolute atomic E-state index is 5.67. The third-order valence-electron chi connectivity index (χ3n) is 2.42. The second-order valence-corrected chi connectivity index (χ2v) is 5.23. The molecule has 1 aromatic rings. The summed E-state index contributed by atoms with van der Waals surface area (Å²) in [7, 11) is 0. The molecule has 0 bridgehead atoms. The molecule has 82 valence electrons. The highest BCUT2D eigenvalue weighted by Crippen LogP contribution is 2.31. The van der Waals surface area contributed by atoms with Gasteiger partial charge < -0.3 is 9.47 Å². The number of hydrogen-bond acceptors (Lipinski definition) is 3. The molecule has 1 aromatic carbocycles. The fourth-order valence-corrected chi connectivity index (χ4v) is 1.67. The van der Waals surface area contributed by atoms with Crippen molar-refractivity contribution in [3.63, 3.8) is 0 Å². The fourth-order valence-electron chi connectivity index (χ4n) is 1.52. The van der Waals surface area contributed by atoms with E-state index in [2.05, 4.69) is 26.5 Å². The smallest absolute Gasteiger partial charge is 0.183 e. The van der Waals surface area contributed by atoms with Crippen LogP contribution in [-0.4, -0.2) is 13.2 Å². The second kappa shape index (κ2) is 4.16. The van der Waals surface area contributed by atoms with Crippen molar-refractivity contribution in [2.24, 2.45) is 5.41 Å². The van der Waals surface area contributed by atoms with Gasteiger partial charge in [-0.1, -0.05) is 26.0 Å². The summed E-state index contributed by atoms with van der Waals surface area (Å²) in [6, 6.07) is 7.88. The number of thiol groups is 1. The van der Waals surface area contributed by atoms with Crippen molar-refractivity contribution in [1.29, 1.82) is 0 Å². The highest BCUT2D eigenvalue weighted by atomic mass is 32.1. The van der Waals surface area contributed by atoms with Crippen LogP contribution in [0.15, 0.2) is 29.2 Å². The summed E-state index contributed by atoms with van der Waals surface area (Å²) in [5, 5.41) is 0. The first-order valence-electron chi connectivity index (χ1n) is 5.09. The Labute approximate surface area is 96.0 Å². The SMILES string of the molecule is CC1(C)COC(c2ccc(S)cc2)OC1. The summed E-state index contributed by atoms with van der Waals surface area (Å²) < 4.78 is 11.3. The summed E-state index contributed by atoms with van der Waals surface area (Å²) in [5.74, 6) is 0. The van der Waals surface area contributed by atoms with E-state index in [1.165, 1.54) is 0 Å². The Bertz CT molecular complexity index is 322. The maximum atomic E-state index is 5.67. The Balaban J connectivity index is 2.04. The van der Waals surface area contributed by atoms with E-state index in [0.29, 0.717) is 0 Å². The van der Waals surface area contributed by atoms with Crippen LogP contribution in [0.25, 0.3) is 0 Å². The van der Waals surface area contributed by atoms with Gasteiger partial charge in [-0.15, -0.1) is 12.6 Å². The van der Waals surface area contributed by atoms with Crippen LogP contribution in [0.2, 0.25) is 0 Å². The molecule has 3 heteroatoms. The number of benzene rings is 1. The van der Waals surface area contributed by atoms with Gasteiger partial charge in [0.2, 0.25) is 0 Å².